The van der Waals surface area contributed by atoms with E-state index in [0.717, 1.165) is 0 Å². The number of allylic oxidation sites excluding steroid dienone is 5. The molecule has 0 amide bonds. The number of halogens is 1. The molecule has 0 spiro atoms. The van der Waals surface area contributed by atoms with E-state index in [1.807, 2.05) is 26.8 Å². The quantitative estimate of drug-likeness (QED) is 0.516. The second-order valence-electron chi connectivity index (χ2n) is 1.33. The molecule has 0 aliphatic heterocycles. The first-order valence-electron chi connectivity index (χ1n) is 3.41. The van der Waals surface area contributed by atoms with Gasteiger partial charge in [0.1, 0.15) is 5.83 Å². The van der Waals surface area contributed by atoms with Crippen LogP contribution in [0.1, 0.15) is 20.8 Å². The highest BCUT2D eigenvalue weighted by Crippen LogP contribution is 1.91. The van der Waals surface area contributed by atoms with Crippen LogP contribution in [0.3, 0.4) is 0 Å². The molecule has 0 nitrogen and oxygen atoms in total. The maximum absolute atomic E-state index is 11.7. The van der Waals surface area contributed by atoms with Crippen molar-refractivity contribution in [3.05, 3.63) is 36.7 Å². The summed E-state index contributed by atoms with van der Waals surface area (Å²) in [7, 11) is 0. The summed E-state index contributed by atoms with van der Waals surface area (Å²) in [6.07, 6.45) is 6.46. The number of rotatable bonds is 2. The van der Waals surface area contributed by atoms with Crippen LogP contribution in [0.4, 0.5) is 4.39 Å². The Hall–Kier alpha value is -0.850. The third-order valence-electron chi connectivity index (χ3n) is 0.581. The Morgan fingerprint density at radius 1 is 1.30 bits per heavy atom. The zero-order chi connectivity index (χ0) is 8.41. The average Bonchev–Trinajstić information content (AvgIpc) is 1.92. The highest BCUT2D eigenvalue weighted by molar-refractivity contribution is 5.12. The van der Waals surface area contributed by atoms with Crippen LogP contribution in [0.5, 0.6) is 0 Å². The second kappa shape index (κ2) is 11.0. The van der Waals surface area contributed by atoms with Gasteiger partial charge in [0.15, 0.2) is 0 Å². The highest BCUT2D eigenvalue weighted by atomic mass is 19.1. The van der Waals surface area contributed by atoms with Crippen molar-refractivity contribution in [3.8, 4) is 0 Å². The Labute approximate surface area is 62.8 Å². The summed E-state index contributed by atoms with van der Waals surface area (Å²) < 4.78 is 11.7. The summed E-state index contributed by atoms with van der Waals surface area (Å²) in [5.41, 5.74) is 0. The van der Waals surface area contributed by atoms with E-state index >= 15 is 0 Å². The fraction of sp³-hybridized carbons (Fsp3) is 0.333. The van der Waals surface area contributed by atoms with E-state index in [2.05, 4.69) is 6.58 Å². The van der Waals surface area contributed by atoms with Gasteiger partial charge < -0.3 is 0 Å². The van der Waals surface area contributed by atoms with E-state index in [-0.39, 0.29) is 0 Å². The van der Waals surface area contributed by atoms with E-state index in [1.54, 1.807) is 12.2 Å². The molecule has 0 bridgehead atoms. The van der Waals surface area contributed by atoms with E-state index in [0.29, 0.717) is 0 Å². The topological polar surface area (TPSA) is 0 Å². The minimum atomic E-state index is -0.414. The first kappa shape index (κ1) is 11.9. The molecule has 58 valence electrons. The minimum absolute atomic E-state index is 0.414. The molecule has 0 saturated heterocycles. The van der Waals surface area contributed by atoms with Crippen molar-refractivity contribution in [2.45, 2.75) is 20.8 Å². The number of hydrogen-bond acceptors (Lipinski definition) is 0. The minimum Gasteiger partial charge on any atom is -0.208 e. The Morgan fingerprint density at radius 3 is 2.10 bits per heavy atom. The van der Waals surface area contributed by atoms with Crippen LogP contribution in [0, 0.1) is 0 Å². The highest BCUT2D eigenvalue weighted by Gasteiger charge is 1.72. The second-order valence-corrected chi connectivity index (χ2v) is 1.33. The number of hydrogen-bond donors (Lipinski definition) is 0. The monoisotopic (exact) mass is 142 g/mol. The van der Waals surface area contributed by atoms with Crippen molar-refractivity contribution in [2.75, 3.05) is 0 Å². The van der Waals surface area contributed by atoms with Crippen molar-refractivity contribution in [3.63, 3.8) is 0 Å². The molecule has 1 heteroatoms. The SMILES string of the molecule is C=C(F)/C=C\C=C/C.CC. The average molecular weight is 142 g/mol. The largest absolute Gasteiger partial charge is 0.208 e. The van der Waals surface area contributed by atoms with Crippen LogP contribution >= 0.6 is 0 Å². The van der Waals surface area contributed by atoms with E-state index in [1.165, 1.54) is 6.08 Å². The molecule has 0 radical (unpaired) electrons. The van der Waals surface area contributed by atoms with Crippen LogP contribution in [0.15, 0.2) is 36.7 Å². The van der Waals surface area contributed by atoms with Crippen molar-refractivity contribution in [1.82, 2.24) is 0 Å². The maximum atomic E-state index is 11.7. The summed E-state index contributed by atoms with van der Waals surface area (Å²) in [5, 5.41) is 0. The van der Waals surface area contributed by atoms with E-state index < -0.39 is 5.83 Å². The molecule has 0 unspecified atom stereocenters. The lowest BCUT2D eigenvalue weighted by Crippen LogP contribution is -1.54. The van der Waals surface area contributed by atoms with Crippen molar-refractivity contribution < 1.29 is 4.39 Å². The Kier molecular flexibility index (Phi) is 13.1. The molecule has 0 aliphatic carbocycles. The van der Waals surface area contributed by atoms with Gasteiger partial charge in [-0.05, 0) is 13.0 Å². The molecule has 0 rings (SSSR count). The lowest BCUT2D eigenvalue weighted by Gasteiger charge is -1.73. The fourth-order valence-electron chi connectivity index (χ4n) is 0.271. The normalized spacial score (nSPS) is 9.60. The van der Waals surface area contributed by atoms with Crippen LogP contribution in [-0.2, 0) is 0 Å². The van der Waals surface area contributed by atoms with Crippen molar-refractivity contribution in [2.24, 2.45) is 0 Å². The zero-order valence-corrected chi connectivity index (χ0v) is 6.89. The first-order valence-corrected chi connectivity index (χ1v) is 3.41. The van der Waals surface area contributed by atoms with E-state index in [4.69, 9.17) is 0 Å². The molecule has 0 atom stereocenters. The van der Waals surface area contributed by atoms with Gasteiger partial charge >= 0.3 is 0 Å². The molecular weight excluding hydrogens is 127 g/mol. The molecular formula is C9H15F. The predicted octanol–water partition coefficient (Wildman–Crippen LogP) is 3.63. The van der Waals surface area contributed by atoms with Gasteiger partial charge in [0.25, 0.3) is 0 Å². The first-order chi connectivity index (χ1) is 4.77. The van der Waals surface area contributed by atoms with Gasteiger partial charge in [0, 0.05) is 0 Å². The third kappa shape index (κ3) is 15.7. The summed E-state index contributed by atoms with van der Waals surface area (Å²) >= 11 is 0. The zero-order valence-electron chi connectivity index (χ0n) is 6.89. The molecule has 0 aliphatic rings. The summed E-state index contributed by atoms with van der Waals surface area (Å²) in [6.45, 7) is 8.91. The van der Waals surface area contributed by atoms with Crippen LogP contribution in [-0.4, -0.2) is 0 Å². The lowest BCUT2D eigenvalue weighted by atomic mass is 10.4. The molecule has 0 aromatic carbocycles. The molecule has 0 heterocycles. The van der Waals surface area contributed by atoms with Crippen LogP contribution in [0.25, 0.3) is 0 Å². The van der Waals surface area contributed by atoms with Gasteiger partial charge in [-0.2, -0.15) is 0 Å². The van der Waals surface area contributed by atoms with E-state index in [9.17, 15) is 4.39 Å². The van der Waals surface area contributed by atoms with Gasteiger partial charge in [-0.25, -0.2) is 4.39 Å². The lowest BCUT2D eigenvalue weighted by molar-refractivity contribution is 0.671. The Balaban J connectivity index is 0. The molecule has 0 aromatic heterocycles. The molecule has 0 aromatic rings. The smallest absolute Gasteiger partial charge is 0.116 e. The standard InChI is InChI=1S/C7H9F.C2H6/c1-3-4-5-6-7(2)8;1-2/h3-6H,2H2,1H3;1-2H3/b4-3-,6-5-;. The van der Waals surface area contributed by atoms with Crippen molar-refractivity contribution >= 4 is 0 Å². The van der Waals surface area contributed by atoms with Crippen molar-refractivity contribution in [1.29, 1.82) is 0 Å². The predicted molar refractivity (Wildman–Crippen MR) is 45.6 cm³/mol. The summed E-state index contributed by atoms with van der Waals surface area (Å²) in [4.78, 5) is 0. The summed E-state index contributed by atoms with van der Waals surface area (Å²) in [6, 6.07) is 0. The van der Waals surface area contributed by atoms with Gasteiger partial charge in [0.05, 0.1) is 0 Å². The van der Waals surface area contributed by atoms with Gasteiger partial charge in [-0.15, -0.1) is 0 Å². The molecule has 0 fully saturated rings. The molecule has 0 N–H and O–H groups in total. The van der Waals surface area contributed by atoms with Gasteiger partial charge in [0.2, 0.25) is 0 Å². The van der Waals surface area contributed by atoms with Gasteiger partial charge in [-0.1, -0.05) is 38.7 Å². The van der Waals surface area contributed by atoms with Crippen LogP contribution < -0.4 is 0 Å². The van der Waals surface area contributed by atoms with Gasteiger partial charge in [-0.3, -0.25) is 0 Å². The molecule has 0 saturated carbocycles. The Morgan fingerprint density at radius 2 is 1.80 bits per heavy atom. The maximum Gasteiger partial charge on any atom is 0.116 e. The fourth-order valence-corrected chi connectivity index (χ4v) is 0.271. The van der Waals surface area contributed by atoms with Crippen LogP contribution in [0.2, 0.25) is 0 Å². The molecule has 10 heavy (non-hydrogen) atoms. The third-order valence-corrected chi connectivity index (χ3v) is 0.581. The Bertz CT molecular complexity index is 121. The summed E-state index contributed by atoms with van der Waals surface area (Å²) in [5.74, 6) is -0.414.